The summed E-state index contributed by atoms with van der Waals surface area (Å²) in [6.45, 7) is 1.29. The molecule has 0 amide bonds. The van der Waals surface area contributed by atoms with E-state index in [1.807, 2.05) is 5.38 Å². The minimum atomic E-state index is -3.54. The predicted octanol–water partition coefficient (Wildman–Crippen LogP) is 0.824. The Morgan fingerprint density at radius 3 is 3.00 bits per heavy atom. The van der Waals surface area contributed by atoms with Crippen LogP contribution >= 0.6 is 11.3 Å². The molecule has 1 aliphatic heterocycles. The summed E-state index contributed by atoms with van der Waals surface area (Å²) in [6, 6.07) is 0.148. The summed E-state index contributed by atoms with van der Waals surface area (Å²) >= 11 is 1.58. The topological polar surface area (TPSA) is 80.1 Å². The molecular formula is C12H17N5O2S2. The molecule has 114 valence electrons. The molecular weight excluding hydrogens is 310 g/mol. The molecule has 3 heterocycles. The van der Waals surface area contributed by atoms with Gasteiger partial charge in [-0.25, -0.2) is 23.1 Å². The number of hydrogen-bond donors (Lipinski definition) is 1. The van der Waals surface area contributed by atoms with Gasteiger partial charge in [0, 0.05) is 44.0 Å². The molecule has 1 fully saturated rings. The number of rotatable bonds is 5. The van der Waals surface area contributed by atoms with E-state index in [-0.39, 0.29) is 11.1 Å². The zero-order chi connectivity index (χ0) is 14.9. The Hall–Kier alpha value is -1.45. The van der Waals surface area contributed by atoms with E-state index in [0.29, 0.717) is 6.54 Å². The highest BCUT2D eigenvalue weighted by Gasteiger charge is 2.28. The first kappa shape index (κ1) is 14.5. The van der Waals surface area contributed by atoms with E-state index in [1.165, 1.54) is 12.5 Å². The van der Waals surface area contributed by atoms with Gasteiger partial charge < -0.3 is 9.47 Å². The Kier molecular flexibility index (Phi) is 3.96. The molecule has 2 aromatic heterocycles. The van der Waals surface area contributed by atoms with Crippen molar-refractivity contribution in [3.05, 3.63) is 24.1 Å². The van der Waals surface area contributed by atoms with Crippen LogP contribution in [-0.2, 0) is 17.1 Å². The second-order valence-corrected chi connectivity index (χ2v) is 7.62. The number of hydrogen-bond acceptors (Lipinski definition) is 6. The van der Waals surface area contributed by atoms with Gasteiger partial charge in [-0.05, 0) is 12.8 Å². The Morgan fingerprint density at radius 1 is 1.48 bits per heavy atom. The smallest absolute Gasteiger partial charge is 0.259 e. The van der Waals surface area contributed by atoms with Gasteiger partial charge in [0.05, 0.1) is 6.33 Å². The van der Waals surface area contributed by atoms with Gasteiger partial charge in [-0.15, -0.1) is 11.3 Å². The third-order valence-electron chi connectivity index (χ3n) is 3.51. The fraction of sp³-hybridized carbons (Fsp3) is 0.500. The first-order chi connectivity index (χ1) is 10.1. The van der Waals surface area contributed by atoms with Crippen LogP contribution in [0.15, 0.2) is 29.1 Å². The van der Waals surface area contributed by atoms with Crippen LogP contribution in [0.4, 0.5) is 5.13 Å². The Bertz CT molecular complexity index is 695. The van der Waals surface area contributed by atoms with Crippen LogP contribution in [0, 0.1) is 0 Å². The summed E-state index contributed by atoms with van der Waals surface area (Å²) in [5.41, 5.74) is 0. The minimum absolute atomic E-state index is 0.0591. The summed E-state index contributed by atoms with van der Waals surface area (Å²) in [5, 5.41) is 2.95. The maximum absolute atomic E-state index is 12.2. The highest BCUT2D eigenvalue weighted by molar-refractivity contribution is 7.89. The number of nitrogens with zero attached hydrogens (tertiary/aromatic N) is 4. The molecule has 0 spiro atoms. The third kappa shape index (κ3) is 3.09. The molecule has 0 unspecified atom stereocenters. The Morgan fingerprint density at radius 2 is 2.33 bits per heavy atom. The molecule has 7 nitrogen and oxygen atoms in total. The molecule has 2 aromatic rings. The van der Waals surface area contributed by atoms with E-state index in [1.54, 1.807) is 29.1 Å². The maximum atomic E-state index is 12.2. The fourth-order valence-electron chi connectivity index (χ4n) is 2.46. The molecule has 0 saturated carbocycles. The molecule has 21 heavy (non-hydrogen) atoms. The van der Waals surface area contributed by atoms with Crippen molar-refractivity contribution in [2.24, 2.45) is 7.05 Å². The van der Waals surface area contributed by atoms with E-state index in [4.69, 9.17) is 0 Å². The second-order valence-electron chi connectivity index (χ2n) is 5.03. The Labute approximate surface area is 127 Å². The second kappa shape index (κ2) is 5.74. The van der Waals surface area contributed by atoms with E-state index in [9.17, 15) is 8.42 Å². The first-order valence-corrected chi connectivity index (χ1v) is 9.06. The lowest BCUT2D eigenvalue weighted by molar-refractivity contribution is 0.564. The molecule has 0 aromatic carbocycles. The van der Waals surface area contributed by atoms with Gasteiger partial charge in [0.2, 0.25) is 0 Å². The molecule has 0 bridgehead atoms. The summed E-state index contributed by atoms with van der Waals surface area (Å²) < 4.78 is 28.6. The molecule has 1 aliphatic rings. The van der Waals surface area contributed by atoms with Gasteiger partial charge in [0.25, 0.3) is 10.0 Å². The lowest BCUT2D eigenvalue weighted by Crippen LogP contribution is -2.40. The van der Waals surface area contributed by atoms with Crippen molar-refractivity contribution in [3.63, 3.8) is 0 Å². The normalized spacial score (nSPS) is 19.3. The quantitative estimate of drug-likeness (QED) is 0.879. The highest BCUT2D eigenvalue weighted by Crippen LogP contribution is 2.26. The molecule has 3 rings (SSSR count). The van der Waals surface area contributed by atoms with Crippen LogP contribution in [-0.4, -0.2) is 42.1 Å². The maximum Gasteiger partial charge on any atom is 0.259 e. The van der Waals surface area contributed by atoms with E-state index in [0.717, 1.165) is 24.5 Å². The van der Waals surface area contributed by atoms with Crippen LogP contribution in [0.5, 0.6) is 0 Å². The van der Waals surface area contributed by atoms with Crippen molar-refractivity contribution in [1.29, 1.82) is 0 Å². The number of sulfonamides is 1. The average Bonchev–Trinajstić information content (AvgIpc) is 3.17. The van der Waals surface area contributed by atoms with Gasteiger partial charge >= 0.3 is 0 Å². The van der Waals surface area contributed by atoms with Crippen molar-refractivity contribution in [2.75, 3.05) is 18.0 Å². The van der Waals surface area contributed by atoms with Crippen molar-refractivity contribution >= 4 is 26.5 Å². The van der Waals surface area contributed by atoms with Crippen LogP contribution in [0.25, 0.3) is 0 Å². The molecule has 0 aliphatic carbocycles. The van der Waals surface area contributed by atoms with Crippen LogP contribution in [0.1, 0.15) is 12.8 Å². The third-order valence-corrected chi connectivity index (χ3v) is 5.62. The van der Waals surface area contributed by atoms with Crippen molar-refractivity contribution in [2.45, 2.75) is 23.9 Å². The van der Waals surface area contributed by atoms with Crippen molar-refractivity contribution < 1.29 is 8.42 Å². The van der Waals surface area contributed by atoms with Crippen LogP contribution < -0.4 is 9.62 Å². The van der Waals surface area contributed by atoms with Crippen LogP contribution in [0.3, 0.4) is 0 Å². The number of nitrogens with one attached hydrogen (secondary N) is 1. The highest BCUT2D eigenvalue weighted by atomic mass is 32.2. The fourth-order valence-corrected chi connectivity index (χ4v) is 4.26. The average molecular weight is 327 g/mol. The number of aryl methyl sites for hydroxylation is 1. The molecule has 1 saturated heterocycles. The predicted molar refractivity (Wildman–Crippen MR) is 80.9 cm³/mol. The number of aromatic nitrogens is 3. The van der Waals surface area contributed by atoms with Gasteiger partial charge in [-0.3, -0.25) is 0 Å². The molecule has 1 N–H and O–H groups in total. The standard InChI is InChI=1S/C12H17N5O2S2/c1-16-8-11(14-9-16)21(18,19)15-7-10-3-2-5-17(10)12-13-4-6-20-12/h4,6,8-10,15H,2-3,5,7H2,1H3/t10-/m1/s1. The number of imidazole rings is 1. The van der Waals surface area contributed by atoms with E-state index in [2.05, 4.69) is 19.6 Å². The molecule has 1 atom stereocenters. The minimum Gasteiger partial charge on any atom is -0.344 e. The van der Waals surface area contributed by atoms with Gasteiger partial charge in [-0.1, -0.05) is 0 Å². The van der Waals surface area contributed by atoms with Crippen molar-refractivity contribution in [1.82, 2.24) is 19.3 Å². The zero-order valence-electron chi connectivity index (χ0n) is 11.6. The van der Waals surface area contributed by atoms with Crippen LogP contribution in [0.2, 0.25) is 0 Å². The van der Waals surface area contributed by atoms with Gasteiger partial charge in [-0.2, -0.15) is 0 Å². The lowest BCUT2D eigenvalue weighted by Gasteiger charge is -2.23. The van der Waals surface area contributed by atoms with E-state index >= 15 is 0 Å². The summed E-state index contributed by atoms with van der Waals surface area (Å²) in [6.07, 6.45) is 6.76. The van der Waals surface area contributed by atoms with Crippen molar-refractivity contribution in [3.8, 4) is 0 Å². The summed E-state index contributed by atoms with van der Waals surface area (Å²) in [7, 11) is -1.80. The molecule has 9 heteroatoms. The lowest BCUT2D eigenvalue weighted by atomic mass is 10.2. The Balaban J connectivity index is 1.67. The van der Waals surface area contributed by atoms with E-state index < -0.39 is 10.0 Å². The number of anilines is 1. The SMILES string of the molecule is Cn1cnc(S(=O)(=O)NC[C@H]2CCCN2c2nccs2)c1. The number of thiazole rings is 1. The first-order valence-electron chi connectivity index (χ1n) is 6.70. The van der Waals surface area contributed by atoms with Gasteiger partial charge in [0.15, 0.2) is 10.2 Å². The monoisotopic (exact) mass is 327 g/mol. The van der Waals surface area contributed by atoms with Gasteiger partial charge in [0.1, 0.15) is 0 Å². The zero-order valence-corrected chi connectivity index (χ0v) is 13.3. The summed E-state index contributed by atoms with van der Waals surface area (Å²) in [4.78, 5) is 10.4. The largest absolute Gasteiger partial charge is 0.344 e. The molecule has 0 radical (unpaired) electrons. The summed E-state index contributed by atoms with van der Waals surface area (Å²) in [5.74, 6) is 0.